The van der Waals surface area contributed by atoms with Crippen molar-refractivity contribution in [1.29, 1.82) is 0 Å². The highest BCUT2D eigenvalue weighted by molar-refractivity contribution is 7.15. The molecule has 3 heterocycles. The summed E-state index contributed by atoms with van der Waals surface area (Å²) in [6.07, 6.45) is 0.743. The smallest absolute Gasteiger partial charge is 0.297 e. The molecule has 1 aliphatic heterocycles. The number of fused-ring (bicyclic) bond motifs is 2. The molecule has 1 atom stereocenters. The number of aromatic nitrogens is 2. The largest absolute Gasteiger partial charge is 0.493 e. The highest BCUT2D eigenvalue weighted by Gasteiger charge is 2.45. The molecule has 5 rings (SSSR count). The molecule has 4 aromatic rings. The fraction of sp³-hybridized carbons (Fsp3) is 0.333. The van der Waals surface area contributed by atoms with Gasteiger partial charge in [0.25, 0.3) is 5.91 Å². The Balaban J connectivity index is 1.76. The normalized spacial score (nSPS) is 15.1. The van der Waals surface area contributed by atoms with Gasteiger partial charge in [-0.05, 0) is 60.7 Å². The summed E-state index contributed by atoms with van der Waals surface area (Å²) in [6, 6.07) is 8.23. The monoisotopic (exact) mass is 505 g/mol. The first-order valence-corrected chi connectivity index (χ1v) is 12.5. The summed E-state index contributed by atoms with van der Waals surface area (Å²) >= 11 is 1.35. The van der Waals surface area contributed by atoms with Gasteiger partial charge in [0.2, 0.25) is 10.9 Å². The number of amides is 1. The molecule has 2 aromatic carbocycles. The Kier molecular flexibility index (Phi) is 6.04. The molecule has 0 unspecified atom stereocenters. The zero-order valence-electron chi connectivity index (χ0n) is 21.0. The number of ether oxygens (including phenoxy) is 2. The number of anilines is 1. The number of carbonyl (C=O) groups excluding carboxylic acids is 1. The predicted octanol–water partition coefficient (Wildman–Crippen LogP) is 5.23. The summed E-state index contributed by atoms with van der Waals surface area (Å²) in [5.74, 6) is 1.03. The highest BCUT2D eigenvalue weighted by atomic mass is 32.1. The van der Waals surface area contributed by atoms with E-state index in [-0.39, 0.29) is 16.8 Å². The van der Waals surface area contributed by atoms with E-state index >= 15 is 0 Å². The van der Waals surface area contributed by atoms with E-state index in [9.17, 15) is 9.59 Å². The average molecular weight is 506 g/mol. The second-order valence-electron chi connectivity index (χ2n) is 9.38. The molecule has 2 aromatic heterocycles. The zero-order valence-corrected chi connectivity index (χ0v) is 21.9. The maximum atomic E-state index is 13.9. The number of methoxy groups -OCH3 is 2. The minimum Gasteiger partial charge on any atom is -0.493 e. The number of carbonyl (C=O) groups is 1. The van der Waals surface area contributed by atoms with Crippen molar-refractivity contribution in [3.8, 4) is 11.5 Å². The number of hydrogen-bond donors (Lipinski definition) is 0. The van der Waals surface area contributed by atoms with Gasteiger partial charge in [-0.3, -0.25) is 14.5 Å². The number of benzene rings is 2. The predicted molar refractivity (Wildman–Crippen MR) is 139 cm³/mol. The maximum absolute atomic E-state index is 13.9. The van der Waals surface area contributed by atoms with Crippen LogP contribution in [-0.4, -0.2) is 30.3 Å². The van der Waals surface area contributed by atoms with Crippen LogP contribution in [0, 0.1) is 19.8 Å². The van der Waals surface area contributed by atoms with E-state index < -0.39 is 11.9 Å². The molecule has 0 radical (unpaired) electrons. The zero-order chi connectivity index (χ0) is 25.7. The van der Waals surface area contributed by atoms with Crippen molar-refractivity contribution in [1.82, 2.24) is 10.2 Å². The quantitative estimate of drug-likeness (QED) is 0.354. The molecule has 36 heavy (non-hydrogen) atoms. The first kappa shape index (κ1) is 24.0. The Morgan fingerprint density at radius 3 is 2.44 bits per heavy atom. The second kappa shape index (κ2) is 9.05. The molecule has 0 fully saturated rings. The third-order valence-electron chi connectivity index (χ3n) is 6.45. The first-order chi connectivity index (χ1) is 17.2. The summed E-state index contributed by atoms with van der Waals surface area (Å²) in [5.41, 5.74) is 3.06. The van der Waals surface area contributed by atoms with Gasteiger partial charge in [0.1, 0.15) is 10.6 Å². The van der Waals surface area contributed by atoms with Gasteiger partial charge in [-0.1, -0.05) is 31.3 Å². The Morgan fingerprint density at radius 2 is 1.75 bits per heavy atom. The second-order valence-corrected chi connectivity index (χ2v) is 10.4. The third-order valence-corrected chi connectivity index (χ3v) is 7.40. The van der Waals surface area contributed by atoms with Crippen LogP contribution in [0.25, 0.3) is 11.0 Å². The Bertz CT molecular complexity index is 1560. The van der Waals surface area contributed by atoms with Gasteiger partial charge in [0.15, 0.2) is 16.9 Å². The van der Waals surface area contributed by atoms with Gasteiger partial charge >= 0.3 is 0 Å². The molecule has 0 aliphatic carbocycles. The number of nitrogens with zero attached hydrogens (tertiary/aromatic N) is 3. The lowest BCUT2D eigenvalue weighted by Crippen LogP contribution is -2.29. The summed E-state index contributed by atoms with van der Waals surface area (Å²) in [6.45, 7) is 8.09. The summed E-state index contributed by atoms with van der Waals surface area (Å²) in [4.78, 5) is 29.2. The van der Waals surface area contributed by atoms with Crippen LogP contribution in [0.2, 0.25) is 0 Å². The van der Waals surface area contributed by atoms with Crippen molar-refractivity contribution in [3.05, 3.63) is 73.6 Å². The molecule has 8 nitrogen and oxygen atoms in total. The summed E-state index contributed by atoms with van der Waals surface area (Å²) in [7, 11) is 3.10. The van der Waals surface area contributed by atoms with Gasteiger partial charge in [-0.15, -0.1) is 10.2 Å². The SMILES string of the molecule is COc1ccc([C@@H]2c3c(oc4cc(C)c(C)cc4c3=O)C(=O)N2c2nnc(CC(C)C)s2)cc1OC. The minimum absolute atomic E-state index is 0.0242. The van der Waals surface area contributed by atoms with Gasteiger partial charge < -0.3 is 13.9 Å². The summed E-state index contributed by atoms with van der Waals surface area (Å²) in [5, 5.41) is 10.3. The molecule has 0 saturated carbocycles. The highest BCUT2D eigenvalue weighted by Crippen LogP contribution is 2.44. The Hall–Kier alpha value is -3.72. The van der Waals surface area contributed by atoms with Crippen LogP contribution in [0.5, 0.6) is 11.5 Å². The lowest BCUT2D eigenvalue weighted by Gasteiger charge is -2.23. The molecule has 0 N–H and O–H groups in total. The van der Waals surface area contributed by atoms with Crippen molar-refractivity contribution in [2.45, 2.75) is 40.2 Å². The van der Waals surface area contributed by atoms with Crippen LogP contribution >= 0.6 is 11.3 Å². The van der Waals surface area contributed by atoms with Gasteiger partial charge in [-0.2, -0.15) is 0 Å². The van der Waals surface area contributed by atoms with Gasteiger partial charge in [-0.25, -0.2) is 0 Å². The topological polar surface area (TPSA) is 94.8 Å². The van der Waals surface area contributed by atoms with Crippen LogP contribution in [0.15, 0.2) is 39.5 Å². The molecule has 1 amide bonds. The van der Waals surface area contributed by atoms with Crippen LogP contribution in [-0.2, 0) is 6.42 Å². The standard InChI is InChI=1S/C27H27N3O5S/c1-13(2)9-21-28-29-27(36-21)30-23(16-7-8-18(33-5)20(12-16)34-6)22-24(31)17-10-14(3)15(4)11-19(17)35-25(22)26(30)32/h7-8,10-13,23H,9H2,1-6H3/t23-/m1/s1. The van der Waals surface area contributed by atoms with E-state index in [1.54, 1.807) is 32.4 Å². The van der Waals surface area contributed by atoms with Crippen LogP contribution < -0.4 is 19.8 Å². The number of aryl methyl sites for hydroxylation is 2. The third kappa shape index (κ3) is 3.83. The fourth-order valence-corrected chi connectivity index (χ4v) is 5.61. The maximum Gasteiger partial charge on any atom is 0.297 e. The molecular weight excluding hydrogens is 478 g/mol. The van der Waals surface area contributed by atoms with Gasteiger partial charge in [0.05, 0.1) is 31.2 Å². The van der Waals surface area contributed by atoms with Crippen LogP contribution in [0.1, 0.15) is 57.7 Å². The molecule has 1 aliphatic rings. The van der Waals surface area contributed by atoms with Crippen molar-refractivity contribution in [2.75, 3.05) is 19.1 Å². The average Bonchev–Trinajstić information content (AvgIpc) is 3.41. The van der Waals surface area contributed by atoms with Crippen LogP contribution in [0.4, 0.5) is 5.13 Å². The molecule has 0 saturated heterocycles. The van der Waals surface area contributed by atoms with Crippen molar-refractivity contribution in [3.63, 3.8) is 0 Å². The Morgan fingerprint density at radius 1 is 1.03 bits per heavy atom. The van der Waals surface area contributed by atoms with E-state index in [2.05, 4.69) is 24.0 Å². The molecule has 186 valence electrons. The molecular formula is C27H27N3O5S. The number of hydrogen-bond acceptors (Lipinski definition) is 8. The van der Waals surface area contributed by atoms with E-state index in [0.717, 1.165) is 22.6 Å². The van der Waals surface area contributed by atoms with Crippen molar-refractivity contribution < 1.29 is 18.7 Å². The molecule has 0 spiro atoms. The molecule has 0 bridgehead atoms. The van der Waals surface area contributed by atoms with E-state index in [0.29, 0.717) is 39.1 Å². The minimum atomic E-state index is -0.755. The van der Waals surface area contributed by atoms with E-state index in [4.69, 9.17) is 13.9 Å². The summed E-state index contributed by atoms with van der Waals surface area (Å²) < 4.78 is 17.0. The Labute approximate surface area is 212 Å². The number of rotatable bonds is 6. The first-order valence-electron chi connectivity index (χ1n) is 11.7. The van der Waals surface area contributed by atoms with Crippen molar-refractivity contribution in [2.24, 2.45) is 5.92 Å². The van der Waals surface area contributed by atoms with Gasteiger partial charge in [0, 0.05) is 6.42 Å². The van der Waals surface area contributed by atoms with Crippen LogP contribution in [0.3, 0.4) is 0 Å². The molecule has 9 heteroatoms. The lowest BCUT2D eigenvalue weighted by molar-refractivity contribution is 0.0970. The van der Waals surface area contributed by atoms with E-state index in [1.807, 2.05) is 26.0 Å². The lowest BCUT2D eigenvalue weighted by atomic mass is 9.97. The fourth-order valence-electron chi connectivity index (χ4n) is 4.54. The van der Waals surface area contributed by atoms with Crippen molar-refractivity contribution >= 4 is 33.3 Å². The van der Waals surface area contributed by atoms with E-state index in [1.165, 1.54) is 16.2 Å².